The first kappa shape index (κ1) is 25.0. The number of amides is 1. The number of carbonyl (C=O) groups is 2. The summed E-state index contributed by atoms with van der Waals surface area (Å²) >= 11 is 0. The third-order valence-electron chi connectivity index (χ3n) is 4.42. The van der Waals surface area contributed by atoms with Crippen molar-refractivity contribution in [1.29, 1.82) is 0 Å². The van der Waals surface area contributed by atoms with Crippen molar-refractivity contribution >= 4 is 29.3 Å². The smallest absolute Gasteiger partial charge is 0.331 e. The molecule has 0 unspecified atom stereocenters. The summed E-state index contributed by atoms with van der Waals surface area (Å²) in [6, 6.07) is 12.7. The number of anilines is 2. The van der Waals surface area contributed by atoms with Gasteiger partial charge < -0.3 is 20.5 Å². The van der Waals surface area contributed by atoms with Crippen molar-refractivity contribution in [2.45, 2.75) is 53.1 Å². The Hall–Kier alpha value is -3.28. The Morgan fingerprint density at radius 3 is 2.38 bits per heavy atom. The summed E-state index contributed by atoms with van der Waals surface area (Å²) < 4.78 is 10.9. The first-order valence-corrected chi connectivity index (χ1v) is 10.8. The SMILES string of the molecule is CC(C)CCOc1ccc(NC(=O)Cc2ccc(C=CC(=O)OC(C)(C)C)cc2)c(N)c1. The highest BCUT2D eigenvalue weighted by Crippen LogP contribution is 2.25. The first-order chi connectivity index (χ1) is 15.0. The second-order valence-corrected chi connectivity index (χ2v) is 9.11. The molecule has 0 aliphatic heterocycles. The van der Waals surface area contributed by atoms with E-state index in [1.54, 1.807) is 24.3 Å². The molecular weight excluding hydrogens is 404 g/mol. The molecule has 6 heteroatoms. The van der Waals surface area contributed by atoms with Gasteiger partial charge in [0.05, 0.1) is 24.4 Å². The fourth-order valence-corrected chi connectivity index (χ4v) is 2.78. The molecule has 3 N–H and O–H groups in total. The van der Waals surface area contributed by atoms with Crippen molar-refractivity contribution in [1.82, 2.24) is 0 Å². The molecule has 0 aliphatic carbocycles. The molecule has 0 bridgehead atoms. The number of nitrogen functional groups attached to an aromatic ring is 1. The summed E-state index contributed by atoms with van der Waals surface area (Å²) in [5.74, 6) is 0.703. The lowest BCUT2D eigenvalue weighted by Crippen LogP contribution is -2.22. The molecule has 0 heterocycles. The van der Waals surface area contributed by atoms with Crippen LogP contribution in [0.25, 0.3) is 6.08 Å². The number of esters is 1. The van der Waals surface area contributed by atoms with Gasteiger partial charge in [-0.05, 0) is 62.4 Å². The first-order valence-electron chi connectivity index (χ1n) is 10.8. The van der Waals surface area contributed by atoms with Crippen molar-refractivity contribution < 1.29 is 19.1 Å². The van der Waals surface area contributed by atoms with Crippen molar-refractivity contribution in [2.75, 3.05) is 17.7 Å². The van der Waals surface area contributed by atoms with E-state index in [1.165, 1.54) is 6.08 Å². The minimum Gasteiger partial charge on any atom is -0.494 e. The van der Waals surface area contributed by atoms with Crippen LogP contribution in [0.1, 0.15) is 52.2 Å². The number of ether oxygens (including phenoxy) is 2. The zero-order chi connectivity index (χ0) is 23.7. The molecule has 1 amide bonds. The van der Waals surface area contributed by atoms with Gasteiger partial charge in [0, 0.05) is 12.1 Å². The van der Waals surface area contributed by atoms with Crippen LogP contribution in [0.4, 0.5) is 11.4 Å². The molecule has 0 fully saturated rings. The number of nitrogens with two attached hydrogens (primary N) is 1. The summed E-state index contributed by atoms with van der Waals surface area (Å²) in [6.07, 6.45) is 4.26. The molecule has 0 saturated heterocycles. The largest absolute Gasteiger partial charge is 0.494 e. The zero-order valence-corrected chi connectivity index (χ0v) is 19.6. The Morgan fingerprint density at radius 1 is 1.09 bits per heavy atom. The summed E-state index contributed by atoms with van der Waals surface area (Å²) in [7, 11) is 0. The Bertz CT molecular complexity index is 941. The number of hydrogen-bond donors (Lipinski definition) is 2. The lowest BCUT2D eigenvalue weighted by molar-refractivity contribution is -0.148. The highest BCUT2D eigenvalue weighted by Gasteiger charge is 2.14. The van der Waals surface area contributed by atoms with Crippen molar-refractivity contribution in [2.24, 2.45) is 5.92 Å². The Balaban J connectivity index is 1.88. The van der Waals surface area contributed by atoms with E-state index in [2.05, 4.69) is 19.2 Å². The van der Waals surface area contributed by atoms with Crippen LogP contribution in [0.2, 0.25) is 0 Å². The predicted octanol–water partition coefficient (Wildman–Crippen LogP) is 5.23. The fraction of sp³-hybridized carbons (Fsp3) is 0.385. The quantitative estimate of drug-likeness (QED) is 0.318. The number of carbonyl (C=O) groups excluding carboxylic acids is 2. The monoisotopic (exact) mass is 438 g/mol. The van der Waals surface area contributed by atoms with Crippen LogP contribution in [0, 0.1) is 5.92 Å². The molecule has 2 aromatic carbocycles. The van der Waals surface area contributed by atoms with E-state index >= 15 is 0 Å². The zero-order valence-electron chi connectivity index (χ0n) is 19.6. The lowest BCUT2D eigenvalue weighted by Gasteiger charge is -2.17. The van der Waals surface area contributed by atoms with Gasteiger partial charge in [0.15, 0.2) is 0 Å². The molecular formula is C26H34N2O4. The summed E-state index contributed by atoms with van der Waals surface area (Å²) in [6.45, 7) is 10.4. The van der Waals surface area contributed by atoms with E-state index in [-0.39, 0.29) is 12.3 Å². The molecule has 0 radical (unpaired) electrons. The van der Waals surface area contributed by atoms with Gasteiger partial charge in [0.1, 0.15) is 11.4 Å². The van der Waals surface area contributed by atoms with Gasteiger partial charge in [-0.15, -0.1) is 0 Å². The number of benzene rings is 2. The third-order valence-corrected chi connectivity index (χ3v) is 4.42. The van der Waals surface area contributed by atoms with Crippen LogP contribution in [-0.4, -0.2) is 24.1 Å². The molecule has 2 rings (SSSR count). The van der Waals surface area contributed by atoms with Crippen LogP contribution in [0.5, 0.6) is 5.75 Å². The average Bonchev–Trinajstić information content (AvgIpc) is 2.68. The van der Waals surface area contributed by atoms with E-state index in [9.17, 15) is 9.59 Å². The maximum atomic E-state index is 12.4. The molecule has 32 heavy (non-hydrogen) atoms. The molecule has 0 spiro atoms. The van der Waals surface area contributed by atoms with Crippen LogP contribution in [0.3, 0.4) is 0 Å². The topological polar surface area (TPSA) is 90.6 Å². The maximum Gasteiger partial charge on any atom is 0.331 e. The van der Waals surface area contributed by atoms with Gasteiger partial charge in [-0.2, -0.15) is 0 Å². The molecule has 0 saturated carbocycles. The van der Waals surface area contributed by atoms with Crippen molar-refractivity contribution in [3.63, 3.8) is 0 Å². The van der Waals surface area contributed by atoms with E-state index in [1.807, 2.05) is 45.0 Å². The van der Waals surface area contributed by atoms with Gasteiger partial charge in [-0.3, -0.25) is 4.79 Å². The number of rotatable bonds is 9. The van der Waals surface area contributed by atoms with Gasteiger partial charge in [-0.25, -0.2) is 4.79 Å². The second-order valence-electron chi connectivity index (χ2n) is 9.11. The highest BCUT2D eigenvalue weighted by atomic mass is 16.6. The summed E-state index contributed by atoms with van der Waals surface area (Å²) in [5.41, 5.74) is 8.26. The van der Waals surface area contributed by atoms with E-state index in [4.69, 9.17) is 15.2 Å². The van der Waals surface area contributed by atoms with E-state index in [0.717, 1.165) is 17.5 Å². The molecule has 0 aromatic heterocycles. The Labute approximate surface area is 190 Å². The average molecular weight is 439 g/mol. The normalized spacial score (nSPS) is 11.6. The molecule has 0 atom stereocenters. The number of nitrogens with one attached hydrogen (secondary N) is 1. The van der Waals surface area contributed by atoms with Gasteiger partial charge in [0.2, 0.25) is 5.91 Å². The minimum atomic E-state index is -0.525. The Morgan fingerprint density at radius 2 is 1.78 bits per heavy atom. The van der Waals surface area contributed by atoms with Crippen LogP contribution < -0.4 is 15.8 Å². The summed E-state index contributed by atoms with van der Waals surface area (Å²) in [4.78, 5) is 24.2. The second kappa shape index (κ2) is 11.4. The molecule has 172 valence electrons. The third kappa shape index (κ3) is 9.25. The van der Waals surface area contributed by atoms with E-state index in [0.29, 0.717) is 29.6 Å². The van der Waals surface area contributed by atoms with Crippen LogP contribution in [-0.2, 0) is 20.7 Å². The van der Waals surface area contributed by atoms with Gasteiger partial charge >= 0.3 is 5.97 Å². The Kier molecular flexibility index (Phi) is 8.88. The van der Waals surface area contributed by atoms with Crippen molar-refractivity contribution in [3.8, 4) is 5.75 Å². The van der Waals surface area contributed by atoms with Crippen LogP contribution >= 0.6 is 0 Å². The highest BCUT2D eigenvalue weighted by molar-refractivity contribution is 5.95. The standard InChI is InChI=1S/C26H34N2O4/c1-18(2)14-15-31-21-11-12-23(22(27)17-21)28-24(29)16-20-8-6-19(7-9-20)10-13-25(30)32-26(3,4)5/h6-13,17-18H,14-16,27H2,1-5H3,(H,28,29). The van der Waals surface area contributed by atoms with Gasteiger partial charge in [-0.1, -0.05) is 38.1 Å². The maximum absolute atomic E-state index is 12.4. The number of hydrogen-bond acceptors (Lipinski definition) is 5. The molecule has 0 aliphatic rings. The predicted molar refractivity (Wildman–Crippen MR) is 129 cm³/mol. The fourth-order valence-electron chi connectivity index (χ4n) is 2.78. The van der Waals surface area contributed by atoms with E-state index < -0.39 is 11.6 Å². The lowest BCUT2D eigenvalue weighted by atomic mass is 10.1. The molecule has 6 nitrogen and oxygen atoms in total. The van der Waals surface area contributed by atoms with Crippen LogP contribution in [0.15, 0.2) is 48.5 Å². The summed E-state index contributed by atoms with van der Waals surface area (Å²) in [5, 5.41) is 2.84. The van der Waals surface area contributed by atoms with Crippen molar-refractivity contribution in [3.05, 3.63) is 59.7 Å². The molecule has 2 aromatic rings. The minimum absolute atomic E-state index is 0.165. The van der Waals surface area contributed by atoms with Gasteiger partial charge in [0.25, 0.3) is 0 Å².